The van der Waals surface area contributed by atoms with Gasteiger partial charge in [-0.25, -0.2) is 16.8 Å². The summed E-state index contributed by atoms with van der Waals surface area (Å²) in [6, 6.07) is 21.0. The van der Waals surface area contributed by atoms with Crippen molar-refractivity contribution >= 4 is 77.8 Å². The smallest absolute Gasteiger partial charge is 0.264 e. The first-order valence-electron chi connectivity index (χ1n) is 12.0. The van der Waals surface area contributed by atoms with Gasteiger partial charge in [0.1, 0.15) is 6.54 Å². The Labute approximate surface area is 254 Å². The van der Waals surface area contributed by atoms with Gasteiger partial charge < -0.3 is 5.32 Å². The molecule has 2 N–H and O–H groups in total. The van der Waals surface area contributed by atoms with E-state index in [0.717, 1.165) is 9.87 Å². The van der Waals surface area contributed by atoms with Gasteiger partial charge in [-0.15, -0.1) is 0 Å². The summed E-state index contributed by atoms with van der Waals surface area (Å²) in [6.45, 7) is 2.99. The fourth-order valence-corrected chi connectivity index (χ4v) is 6.94. The number of hydrogen-bond acceptors (Lipinski definition) is 5. The number of nitrogens with one attached hydrogen (secondary N) is 2. The highest BCUT2D eigenvalue weighted by Crippen LogP contribution is 2.32. The molecule has 0 heterocycles. The lowest BCUT2D eigenvalue weighted by molar-refractivity contribution is -0.114. The number of benzene rings is 4. The SMILES string of the molecule is Cc1ccc(S(=O)(=O)N(CC(=O)Nc2ccc(S(=O)(=O)Nc3cccc(Cl)c3Cl)cc2)c2cc(Cl)ccc2C)cc1. The fraction of sp³-hybridized carbons (Fsp3) is 0.107. The van der Waals surface area contributed by atoms with Gasteiger partial charge in [-0.1, -0.05) is 64.6 Å². The Bertz CT molecular complexity index is 1810. The predicted octanol–water partition coefficient (Wildman–Crippen LogP) is 6.90. The largest absolute Gasteiger partial charge is 0.325 e. The van der Waals surface area contributed by atoms with Crippen LogP contribution in [0.25, 0.3) is 0 Å². The number of carbonyl (C=O) groups excluding carboxylic acids is 1. The highest BCUT2D eigenvalue weighted by molar-refractivity contribution is 7.93. The van der Waals surface area contributed by atoms with E-state index in [0.29, 0.717) is 10.6 Å². The quantitative estimate of drug-likeness (QED) is 0.204. The molecule has 4 aromatic rings. The second kappa shape index (κ2) is 12.3. The van der Waals surface area contributed by atoms with Crippen LogP contribution in [0.1, 0.15) is 11.1 Å². The number of hydrogen-bond donors (Lipinski definition) is 2. The number of sulfonamides is 2. The zero-order valence-corrected chi connectivity index (χ0v) is 25.6. The van der Waals surface area contributed by atoms with Crippen molar-refractivity contribution in [3.63, 3.8) is 0 Å². The predicted molar refractivity (Wildman–Crippen MR) is 164 cm³/mol. The third kappa shape index (κ3) is 7.14. The molecule has 0 unspecified atom stereocenters. The van der Waals surface area contributed by atoms with E-state index in [1.807, 2.05) is 6.92 Å². The van der Waals surface area contributed by atoms with Gasteiger partial charge in [-0.3, -0.25) is 13.8 Å². The van der Waals surface area contributed by atoms with Gasteiger partial charge in [0.2, 0.25) is 5.91 Å². The van der Waals surface area contributed by atoms with E-state index < -0.39 is 32.5 Å². The Morgan fingerprint density at radius 1 is 0.805 bits per heavy atom. The molecule has 41 heavy (non-hydrogen) atoms. The van der Waals surface area contributed by atoms with E-state index >= 15 is 0 Å². The molecule has 0 aliphatic heterocycles. The fourth-order valence-electron chi connectivity index (χ4n) is 3.82. The van der Waals surface area contributed by atoms with Crippen LogP contribution in [0.5, 0.6) is 0 Å². The van der Waals surface area contributed by atoms with Crippen molar-refractivity contribution in [3.8, 4) is 0 Å². The Kier molecular flexibility index (Phi) is 9.20. The Morgan fingerprint density at radius 3 is 2.10 bits per heavy atom. The lowest BCUT2D eigenvalue weighted by Gasteiger charge is -2.26. The second-order valence-corrected chi connectivity index (χ2v) is 13.8. The minimum atomic E-state index is -4.15. The zero-order valence-electron chi connectivity index (χ0n) is 21.7. The number of nitrogens with zero attached hydrogens (tertiary/aromatic N) is 1. The second-order valence-electron chi connectivity index (χ2n) is 9.03. The summed E-state index contributed by atoms with van der Waals surface area (Å²) in [5.41, 5.74) is 2.09. The normalized spacial score (nSPS) is 11.6. The van der Waals surface area contributed by atoms with Gasteiger partial charge in [0.05, 0.1) is 31.2 Å². The summed E-state index contributed by atoms with van der Waals surface area (Å²) in [5, 5.41) is 3.18. The van der Waals surface area contributed by atoms with Crippen molar-refractivity contribution in [2.75, 3.05) is 20.9 Å². The van der Waals surface area contributed by atoms with Crippen LogP contribution < -0.4 is 14.3 Å². The highest BCUT2D eigenvalue weighted by atomic mass is 35.5. The molecule has 0 aromatic heterocycles. The van der Waals surface area contributed by atoms with Crippen LogP contribution in [0.3, 0.4) is 0 Å². The van der Waals surface area contributed by atoms with Crippen LogP contribution in [0.15, 0.2) is 94.7 Å². The van der Waals surface area contributed by atoms with Gasteiger partial charge in [0.25, 0.3) is 20.0 Å². The number of halogens is 3. The van der Waals surface area contributed by atoms with E-state index in [-0.39, 0.29) is 36.9 Å². The molecule has 4 rings (SSSR count). The summed E-state index contributed by atoms with van der Waals surface area (Å²) in [6.07, 6.45) is 0. The van der Waals surface area contributed by atoms with E-state index in [4.69, 9.17) is 34.8 Å². The third-order valence-electron chi connectivity index (χ3n) is 5.98. The standard InChI is InChI=1S/C28H24Cl3N3O5S2/c1-18-6-12-23(13-7-18)41(38,39)34(26-16-20(29)9-8-19(26)2)17-27(35)32-21-10-14-22(15-11-21)40(36,37)33-25-5-3-4-24(30)28(25)31/h3-16,33H,17H2,1-2H3,(H,32,35). The van der Waals surface area contributed by atoms with E-state index in [1.165, 1.54) is 54.6 Å². The molecule has 0 spiro atoms. The minimum Gasteiger partial charge on any atom is -0.325 e. The molecular formula is C28H24Cl3N3O5S2. The molecule has 0 bridgehead atoms. The van der Waals surface area contributed by atoms with Crippen molar-refractivity contribution in [3.05, 3.63) is 111 Å². The lowest BCUT2D eigenvalue weighted by atomic mass is 10.2. The lowest BCUT2D eigenvalue weighted by Crippen LogP contribution is -2.38. The zero-order chi connectivity index (χ0) is 29.9. The first kappa shape index (κ1) is 30.7. The van der Waals surface area contributed by atoms with Gasteiger partial charge in [0, 0.05) is 10.7 Å². The van der Waals surface area contributed by atoms with Gasteiger partial charge in [0.15, 0.2) is 0 Å². The number of amides is 1. The Morgan fingerprint density at radius 2 is 1.44 bits per heavy atom. The third-order valence-corrected chi connectivity index (χ3v) is 10.2. The van der Waals surface area contributed by atoms with Crippen molar-refractivity contribution in [1.82, 2.24) is 0 Å². The van der Waals surface area contributed by atoms with Crippen molar-refractivity contribution in [2.24, 2.45) is 0 Å². The first-order valence-corrected chi connectivity index (χ1v) is 16.1. The highest BCUT2D eigenvalue weighted by Gasteiger charge is 2.29. The summed E-state index contributed by atoms with van der Waals surface area (Å²) in [4.78, 5) is 13.0. The average Bonchev–Trinajstić information content (AvgIpc) is 2.92. The molecule has 1 amide bonds. The molecule has 0 fully saturated rings. The topological polar surface area (TPSA) is 113 Å². The van der Waals surface area contributed by atoms with Crippen molar-refractivity contribution < 1.29 is 21.6 Å². The number of carbonyl (C=O) groups is 1. The summed E-state index contributed by atoms with van der Waals surface area (Å²) < 4.78 is 56.4. The van der Waals surface area contributed by atoms with E-state index in [9.17, 15) is 21.6 Å². The average molecular weight is 653 g/mol. The molecule has 0 atom stereocenters. The molecule has 4 aromatic carbocycles. The van der Waals surface area contributed by atoms with Crippen LogP contribution in [0.4, 0.5) is 17.1 Å². The first-order chi connectivity index (χ1) is 19.3. The van der Waals surface area contributed by atoms with Crippen molar-refractivity contribution in [2.45, 2.75) is 23.6 Å². The number of aryl methyl sites for hydroxylation is 2. The Hall–Kier alpha value is -3.28. The van der Waals surface area contributed by atoms with Crippen LogP contribution in [0.2, 0.25) is 15.1 Å². The van der Waals surface area contributed by atoms with Gasteiger partial charge >= 0.3 is 0 Å². The van der Waals surface area contributed by atoms with E-state index in [1.54, 1.807) is 37.3 Å². The number of anilines is 3. The maximum atomic E-state index is 13.7. The number of rotatable bonds is 9. The summed E-state index contributed by atoms with van der Waals surface area (Å²) in [7, 11) is -8.17. The van der Waals surface area contributed by atoms with Crippen LogP contribution in [0, 0.1) is 13.8 Å². The molecule has 0 aliphatic carbocycles. The van der Waals surface area contributed by atoms with Crippen LogP contribution in [-0.4, -0.2) is 29.3 Å². The van der Waals surface area contributed by atoms with Crippen molar-refractivity contribution in [1.29, 1.82) is 0 Å². The molecule has 13 heteroatoms. The maximum Gasteiger partial charge on any atom is 0.264 e. The van der Waals surface area contributed by atoms with E-state index in [2.05, 4.69) is 10.0 Å². The van der Waals surface area contributed by atoms with Crippen LogP contribution in [-0.2, 0) is 24.8 Å². The van der Waals surface area contributed by atoms with Gasteiger partial charge in [-0.2, -0.15) is 0 Å². The Balaban J connectivity index is 1.57. The minimum absolute atomic E-state index is 0.0112. The molecule has 0 radical (unpaired) electrons. The molecular weight excluding hydrogens is 629 g/mol. The maximum absolute atomic E-state index is 13.7. The molecule has 0 saturated carbocycles. The van der Waals surface area contributed by atoms with Gasteiger partial charge in [-0.05, 0) is 80.1 Å². The molecule has 214 valence electrons. The summed E-state index contributed by atoms with van der Waals surface area (Å²) in [5.74, 6) is -0.653. The summed E-state index contributed by atoms with van der Waals surface area (Å²) >= 11 is 18.2. The monoisotopic (exact) mass is 651 g/mol. The molecule has 0 aliphatic rings. The molecule has 8 nitrogen and oxygen atoms in total. The molecule has 0 saturated heterocycles. The van der Waals surface area contributed by atoms with Crippen LogP contribution >= 0.6 is 34.8 Å².